The van der Waals surface area contributed by atoms with Crippen LogP contribution in [0, 0.1) is 6.92 Å². The van der Waals surface area contributed by atoms with Gasteiger partial charge in [0.1, 0.15) is 24.0 Å². The largest absolute Gasteiger partial charge is 0.490 e. The van der Waals surface area contributed by atoms with Gasteiger partial charge in [0, 0.05) is 0 Å². The number of rotatable bonds is 12. The molecule has 0 spiro atoms. The Morgan fingerprint density at radius 2 is 1.94 bits per heavy atom. The topological polar surface area (TPSA) is 121 Å². The molecule has 11 heteroatoms. The SMILES string of the molecule is CCOc1cc(/C=N/NC(=O)Cc2nnc(N)s2)cc(Br)c1OCCOc1cc(C)cc(CC)c1. The van der Waals surface area contributed by atoms with Crippen molar-refractivity contribution < 1.29 is 19.0 Å². The molecule has 35 heavy (non-hydrogen) atoms. The summed E-state index contributed by atoms with van der Waals surface area (Å²) < 4.78 is 18.3. The lowest BCUT2D eigenvalue weighted by atomic mass is 10.1. The number of amides is 1. The Morgan fingerprint density at radius 1 is 1.14 bits per heavy atom. The van der Waals surface area contributed by atoms with Crippen LogP contribution in [0.1, 0.15) is 35.5 Å². The van der Waals surface area contributed by atoms with Crippen molar-refractivity contribution in [1.82, 2.24) is 15.6 Å². The number of ether oxygens (including phenoxy) is 3. The molecular weight excluding hydrogens is 534 g/mol. The highest BCUT2D eigenvalue weighted by atomic mass is 79.9. The third-order valence-electron chi connectivity index (χ3n) is 4.65. The fourth-order valence-electron chi connectivity index (χ4n) is 3.17. The minimum absolute atomic E-state index is 0.0528. The van der Waals surface area contributed by atoms with Gasteiger partial charge in [-0.3, -0.25) is 4.79 Å². The van der Waals surface area contributed by atoms with E-state index in [1.54, 1.807) is 6.07 Å². The van der Waals surface area contributed by atoms with E-state index in [0.29, 0.717) is 45.9 Å². The number of hydrazone groups is 1. The lowest BCUT2D eigenvalue weighted by Crippen LogP contribution is -2.19. The van der Waals surface area contributed by atoms with Crippen molar-refractivity contribution in [1.29, 1.82) is 0 Å². The molecule has 0 aliphatic heterocycles. The molecule has 3 rings (SSSR count). The Bertz CT molecular complexity index is 1180. The third kappa shape index (κ3) is 8.22. The van der Waals surface area contributed by atoms with E-state index in [-0.39, 0.29) is 12.3 Å². The predicted molar refractivity (Wildman–Crippen MR) is 141 cm³/mol. The van der Waals surface area contributed by atoms with Gasteiger partial charge in [-0.2, -0.15) is 5.10 Å². The van der Waals surface area contributed by atoms with Crippen molar-refractivity contribution in [3.8, 4) is 17.2 Å². The number of carbonyl (C=O) groups is 1. The van der Waals surface area contributed by atoms with Gasteiger partial charge in [0.05, 0.1) is 23.7 Å². The number of nitrogens with two attached hydrogens (primary N) is 1. The molecule has 0 radical (unpaired) electrons. The quantitative estimate of drug-likeness (QED) is 0.192. The number of aryl methyl sites for hydroxylation is 2. The van der Waals surface area contributed by atoms with Crippen molar-refractivity contribution in [2.24, 2.45) is 5.10 Å². The van der Waals surface area contributed by atoms with Crippen LogP contribution in [0.15, 0.2) is 39.9 Å². The summed E-state index contributed by atoms with van der Waals surface area (Å²) in [4.78, 5) is 12.0. The maximum atomic E-state index is 12.0. The Kier molecular flexibility index (Phi) is 9.86. The maximum Gasteiger partial charge on any atom is 0.247 e. The van der Waals surface area contributed by atoms with Gasteiger partial charge in [0.2, 0.25) is 11.0 Å². The highest BCUT2D eigenvalue weighted by molar-refractivity contribution is 9.10. The summed E-state index contributed by atoms with van der Waals surface area (Å²) in [5.41, 5.74) is 11.1. The number of benzene rings is 2. The van der Waals surface area contributed by atoms with Crippen molar-refractivity contribution >= 4 is 44.5 Å². The molecule has 3 aromatic rings. The Balaban J connectivity index is 1.58. The van der Waals surface area contributed by atoms with E-state index >= 15 is 0 Å². The Hall–Kier alpha value is -3.18. The minimum atomic E-state index is -0.318. The summed E-state index contributed by atoms with van der Waals surface area (Å²) in [7, 11) is 0. The standard InChI is InChI=1S/C24H28BrN5O4S/c1-4-16-8-15(3)9-18(10-16)33-6-7-34-23-19(25)11-17(12-20(23)32-5-2)14-27-28-21(31)13-22-29-30-24(26)35-22/h8-12,14H,4-7,13H2,1-3H3,(H2,26,30)(H,28,31)/b27-14+. The Morgan fingerprint density at radius 3 is 2.66 bits per heavy atom. The fraction of sp³-hybridized carbons (Fsp3) is 0.333. The molecule has 0 atom stereocenters. The number of halogens is 1. The van der Waals surface area contributed by atoms with Crippen molar-refractivity contribution in [2.75, 3.05) is 25.6 Å². The number of hydrogen-bond acceptors (Lipinski definition) is 9. The van der Waals surface area contributed by atoms with E-state index in [9.17, 15) is 4.79 Å². The van der Waals surface area contributed by atoms with Gasteiger partial charge in [-0.1, -0.05) is 24.3 Å². The van der Waals surface area contributed by atoms with Crippen molar-refractivity contribution in [3.63, 3.8) is 0 Å². The van der Waals surface area contributed by atoms with Gasteiger partial charge in [-0.25, -0.2) is 5.43 Å². The molecule has 2 aromatic carbocycles. The van der Waals surface area contributed by atoms with Crippen LogP contribution in [0.5, 0.6) is 17.2 Å². The second-order valence-electron chi connectivity index (χ2n) is 7.47. The summed E-state index contributed by atoms with van der Waals surface area (Å²) in [6, 6.07) is 9.83. The van der Waals surface area contributed by atoms with Crippen molar-refractivity contribution in [3.05, 3.63) is 56.5 Å². The molecule has 0 unspecified atom stereocenters. The molecular formula is C24H28BrN5O4S. The third-order valence-corrected chi connectivity index (χ3v) is 5.99. The molecule has 0 aliphatic rings. The van der Waals surface area contributed by atoms with Gasteiger partial charge >= 0.3 is 0 Å². The van der Waals surface area contributed by atoms with Crippen molar-refractivity contribution in [2.45, 2.75) is 33.6 Å². The number of aromatic nitrogens is 2. The lowest BCUT2D eigenvalue weighted by Gasteiger charge is -2.15. The second kappa shape index (κ2) is 13.1. The molecule has 0 bridgehead atoms. The molecule has 3 N–H and O–H groups in total. The van der Waals surface area contributed by atoms with Gasteiger partial charge in [-0.15, -0.1) is 10.2 Å². The molecule has 0 saturated heterocycles. The summed E-state index contributed by atoms with van der Waals surface area (Å²) in [5.74, 6) is 1.64. The summed E-state index contributed by atoms with van der Waals surface area (Å²) in [6.07, 6.45) is 2.53. The van der Waals surface area contributed by atoms with Crippen LogP contribution in [0.25, 0.3) is 0 Å². The van der Waals surface area contributed by atoms with Gasteiger partial charge in [0.15, 0.2) is 11.5 Å². The highest BCUT2D eigenvalue weighted by Gasteiger charge is 2.13. The first-order valence-corrected chi connectivity index (χ1v) is 12.7. The van der Waals surface area contributed by atoms with Gasteiger partial charge in [0.25, 0.3) is 0 Å². The predicted octanol–water partition coefficient (Wildman–Crippen LogP) is 4.30. The Labute approximate surface area is 216 Å². The monoisotopic (exact) mass is 561 g/mol. The number of nitrogens with zero attached hydrogens (tertiary/aromatic N) is 3. The summed E-state index contributed by atoms with van der Waals surface area (Å²) in [6.45, 7) is 7.26. The number of nitrogens with one attached hydrogen (secondary N) is 1. The van der Waals surface area contributed by atoms with E-state index in [4.69, 9.17) is 19.9 Å². The molecule has 0 aliphatic carbocycles. The van der Waals surface area contributed by atoms with Gasteiger partial charge < -0.3 is 19.9 Å². The number of hydrogen-bond donors (Lipinski definition) is 2. The van der Waals surface area contributed by atoms with E-state index in [1.165, 1.54) is 17.3 Å². The van der Waals surface area contributed by atoms with Crippen LogP contribution in [0.3, 0.4) is 0 Å². The zero-order valence-corrected chi connectivity index (χ0v) is 22.2. The average molecular weight is 562 g/mol. The highest BCUT2D eigenvalue weighted by Crippen LogP contribution is 2.36. The normalized spacial score (nSPS) is 11.0. The fourth-order valence-corrected chi connectivity index (χ4v) is 4.36. The second-order valence-corrected chi connectivity index (χ2v) is 9.42. The first kappa shape index (κ1) is 26.4. The number of carbonyl (C=O) groups excluding carboxylic acids is 1. The van der Waals surface area contributed by atoms with Crippen LogP contribution in [-0.4, -0.2) is 42.1 Å². The zero-order valence-electron chi connectivity index (χ0n) is 19.8. The minimum Gasteiger partial charge on any atom is -0.490 e. The molecule has 186 valence electrons. The number of anilines is 1. The molecule has 0 fully saturated rings. The average Bonchev–Trinajstić information content (AvgIpc) is 3.22. The van der Waals surface area contributed by atoms with Crippen LogP contribution in [0.4, 0.5) is 5.13 Å². The van der Waals surface area contributed by atoms with E-state index < -0.39 is 0 Å². The molecule has 1 heterocycles. The lowest BCUT2D eigenvalue weighted by molar-refractivity contribution is -0.120. The molecule has 9 nitrogen and oxygen atoms in total. The van der Waals surface area contributed by atoms with Gasteiger partial charge in [-0.05, 0) is 77.2 Å². The van der Waals surface area contributed by atoms with Crippen LogP contribution >= 0.6 is 27.3 Å². The molecule has 0 saturated carbocycles. The van der Waals surface area contributed by atoms with Crippen LogP contribution < -0.4 is 25.4 Å². The van der Waals surface area contributed by atoms with E-state index in [1.807, 2.05) is 25.1 Å². The first-order valence-electron chi connectivity index (χ1n) is 11.1. The van der Waals surface area contributed by atoms with E-state index in [0.717, 1.165) is 29.1 Å². The zero-order chi connectivity index (χ0) is 25.2. The summed E-state index contributed by atoms with van der Waals surface area (Å²) >= 11 is 4.70. The maximum absolute atomic E-state index is 12.0. The van der Waals surface area contributed by atoms with Crippen LogP contribution in [-0.2, 0) is 17.6 Å². The first-order chi connectivity index (χ1) is 16.9. The molecule has 1 amide bonds. The smallest absolute Gasteiger partial charge is 0.247 e. The number of nitrogen functional groups attached to an aromatic ring is 1. The molecule has 1 aromatic heterocycles. The van der Waals surface area contributed by atoms with Crippen LogP contribution in [0.2, 0.25) is 0 Å². The van der Waals surface area contributed by atoms with E-state index in [2.05, 4.69) is 56.6 Å². The summed E-state index contributed by atoms with van der Waals surface area (Å²) in [5, 5.41) is 12.4.